The molecule has 3 heterocycles. The molecule has 2 aliphatic rings. The number of hydrogen-bond acceptors (Lipinski definition) is 3. The van der Waals surface area contributed by atoms with Crippen LogP contribution in [0.2, 0.25) is 0 Å². The van der Waals surface area contributed by atoms with Gasteiger partial charge in [0.05, 0.1) is 14.1 Å². The highest BCUT2D eigenvalue weighted by Crippen LogP contribution is 2.24. The van der Waals surface area contributed by atoms with E-state index in [9.17, 15) is 9.59 Å². The van der Waals surface area contributed by atoms with E-state index >= 15 is 0 Å². The Bertz CT molecular complexity index is 1040. The Hall–Kier alpha value is -3.25. The maximum Gasteiger partial charge on any atom is 0.280 e. The molecule has 31 heavy (non-hydrogen) atoms. The SMILES string of the molecule is C[N+]1(C)CC(=O)Nc2ncc(/C=C/C(=O)N3CCC=C(c4ccccc4)CC3)cc2C1. The summed E-state index contributed by atoms with van der Waals surface area (Å²) in [6.07, 6.45) is 9.11. The first-order chi connectivity index (χ1) is 14.9. The van der Waals surface area contributed by atoms with Crippen LogP contribution in [0.1, 0.15) is 29.5 Å². The lowest BCUT2D eigenvalue weighted by Crippen LogP contribution is -2.42. The zero-order valence-corrected chi connectivity index (χ0v) is 18.2. The normalized spacial score (nSPS) is 18.6. The molecular weight excluding hydrogens is 388 g/mol. The number of pyridine rings is 1. The molecule has 4 rings (SSSR count). The fraction of sp³-hybridized carbons (Fsp3) is 0.320. The molecule has 6 nitrogen and oxygen atoms in total. The number of fused-ring (bicyclic) bond motifs is 1. The Morgan fingerprint density at radius 2 is 1.97 bits per heavy atom. The molecule has 0 radical (unpaired) electrons. The second-order valence-corrected chi connectivity index (χ2v) is 8.87. The van der Waals surface area contributed by atoms with E-state index in [-0.39, 0.29) is 11.8 Å². The van der Waals surface area contributed by atoms with Crippen LogP contribution in [0.4, 0.5) is 5.82 Å². The van der Waals surface area contributed by atoms with Gasteiger partial charge in [-0.3, -0.25) is 9.59 Å². The number of anilines is 1. The molecule has 0 fully saturated rings. The maximum atomic E-state index is 12.8. The lowest BCUT2D eigenvalue weighted by Gasteiger charge is -2.26. The summed E-state index contributed by atoms with van der Waals surface area (Å²) in [5, 5.41) is 2.88. The molecule has 0 atom stereocenters. The van der Waals surface area contributed by atoms with Gasteiger partial charge >= 0.3 is 0 Å². The van der Waals surface area contributed by atoms with Crippen molar-refractivity contribution in [1.82, 2.24) is 9.88 Å². The number of aromatic nitrogens is 1. The number of nitrogens with zero attached hydrogens (tertiary/aromatic N) is 3. The van der Waals surface area contributed by atoms with Gasteiger partial charge < -0.3 is 14.7 Å². The van der Waals surface area contributed by atoms with Gasteiger partial charge in [-0.05, 0) is 41.7 Å². The van der Waals surface area contributed by atoms with Gasteiger partial charge in [0.2, 0.25) is 5.91 Å². The van der Waals surface area contributed by atoms with E-state index in [1.807, 2.05) is 49.3 Å². The van der Waals surface area contributed by atoms with Crippen LogP contribution in [0.15, 0.2) is 54.7 Å². The minimum Gasteiger partial charge on any atom is -0.339 e. The summed E-state index contributed by atoms with van der Waals surface area (Å²) in [5.41, 5.74) is 4.38. The van der Waals surface area contributed by atoms with Crippen LogP contribution in [0.25, 0.3) is 11.6 Å². The summed E-state index contributed by atoms with van der Waals surface area (Å²) in [5.74, 6) is 0.602. The van der Waals surface area contributed by atoms with E-state index in [0.717, 1.165) is 30.5 Å². The largest absolute Gasteiger partial charge is 0.339 e. The molecule has 0 bridgehead atoms. The van der Waals surface area contributed by atoms with Crippen molar-refractivity contribution < 1.29 is 14.1 Å². The van der Waals surface area contributed by atoms with Crippen LogP contribution in [0, 0.1) is 0 Å². The quantitative estimate of drug-likeness (QED) is 0.616. The second-order valence-electron chi connectivity index (χ2n) is 8.87. The number of carbonyl (C=O) groups is 2. The fourth-order valence-corrected chi connectivity index (χ4v) is 4.20. The number of hydrogen-bond donors (Lipinski definition) is 1. The number of quaternary nitrogens is 1. The first-order valence-corrected chi connectivity index (χ1v) is 10.7. The summed E-state index contributed by atoms with van der Waals surface area (Å²) in [6.45, 7) is 2.55. The summed E-state index contributed by atoms with van der Waals surface area (Å²) >= 11 is 0. The predicted molar refractivity (Wildman–Crippen MR) is 123 cm³/mol. The Balaban J connectivity index is 1.42. The fourth-order valence-electron chi connectivity index (χ4n) is 4.20. The zero-order valence-electron chi connectivity index (χ0n) is 18.2. The van der Waals surface area contributed by atoms with Crippen LogP contribution in [-0.4, -0.2) is 59.9 Å². The van der Waals surface area contributed by atoms with E-state index in [0.29, 0.717) is 29.9 Å². The van der Waals surface area contributed by atoms with Crippen LogP contribution in [-0.2, 0) is 16.1 Å². The van der Waals surface area contributed by atoms with Crippen LogP contribution in [0.3, 0.4) is 0 Å². The molecule has 6 heteroatoms. The van der Waals surface area contributed by atoms with Gasteiger partial charge in [-0.1, -0.05) is 36.4 Å². The molecule has 160 valence electrons. The van der Waals surface area contributed by atoms with Crippen molar-refractivity contribution in [1.29, 1.82) is 0 Å². The Kier molecular flexibility index (Phi) is 6.00. The van der Waals surface area contributed by atoms with Crippen molar-refractivity contribution in [2.24, 2.45) is 0 Å². The number of carbonyl (C=O) groups excluding carboxylic acids is 2. The minimum atomic E-state index is -0.0284. The maximum absolute atomic E-state index is 12.8. The molecule has 0 aliphatic carbocycles. The van der Waals surface area contributed by atoms with Gasteiger partial charge in [0.15, 0.2) is 6.54 Å². The Labute approximate surface area is 183 Å². The van der Waals surface area contributed by atoms with E-state index in [2.05, 4.69) is 28.5 Å². The first-order valence-electron chi connectivity index (χ1n) is 10.7. The topological polar surface area (TPSA) is 62.3 Å². The van der Waals surface area contributed by atoms with Gasteiger partial charge in [-0.15, -0.1) is 0 Å². The van der Waals surface area contributed by atoms with Gasteiger partial charge in [-0.2, -0.15) is 0 Å². The monoisotopic (exact) mass is 417 g/mol. The molecule has 0 saturated heterocycles. The van der Waals surface area contributed by atoms with Crippen molar-refractivity contribution >= 4 is 29.3 Å². The smallest absolute Gasteiger partial charge is 0.280 e. The van der Waals surface area contributed by atoms with Crippen molar-refractivity contribution in [3.05, 3.63) is 71.4 Å². The molecule has 1 N–H and O–H groups in total. The summed E-state index contributed by atoms with van der Waals surface area (Å²) in [7, 11) is 4.05. The molecule has 1 aromatic carbocycles. The van der Waals surface area contributed by atoms with Crippen molar-refractivity contribution in [2.75, 3.05) is 39.0 Å². The number of amides is 2. The average Bonchev–Trinajstić information content (AvgIpc) is 3.05. The van der Waals surface area contributed by atoms with Crippen molar-refractivity contribution in [3.63, 3.8) is 0 Å². The lowest BCUT2D eigenvalue weighted by atomic mass is 10.0. The standard InChI is InChI=1S/C25H28N4O2/c1-29(2)17-22-15-19(16-26-25(22)27-23(30)18-29)10-11-24(31)28-13-6-9-21(12-14-28)20-7-4-3-5-8-20/h3-5,7-11,15-16H,6,12-14,17-18H2,1-2H3/p+1. The van der Waals surface area contributed by atoms with E-state index < -0.39 is 0 Å². The number of rotatable bonds is 3. The Morgan fingerprint density at radius 3 is 2.77 bits per heavy atom. The molecule has 1 aromatic heterocycles. The molecular formula is C25H29N4O2+. The molecule has 0 unspecified atom stereocenters. The highest BCUT2D eigenvalue weighted by molar-refractivity contribution is 5.93. The van der Waals surface area contributed by atoms with Gasteiger partial charge in [0.25, 0.3) is 5.91 Å². The van der Waals surface area contributed by atoms with Gasteiger partial charge in [-0.25, -0.2) is 4.98 Å². The number of nitrogens with one attached hydrogen (secondary N) is 1. The van der Waals surface area contributed by atoms with E-state index in [1.165, 1.54) is 11.1 Å². The average molecular weight is 418 g/mol. The van der Waals surface area contributed by atoms with Crippen molar-refractivity contribution in [3.8, 4) is 0 Å². The molecule has 2 aliphatic heterocycles. The minimum absolute atomic E-state index is 0.0158. The third-order valence-electron chi connectivity index (χ3n) is 5.73. The molecule has 0 saturated carbocycles. The second kappa shape index (κ2) is 8.86. The van der Waals surface area contributed by atoms with Crippen LogP contribution in [0.5, 0.6) is 0 Å². The van der Waals surface area contributed by atoms with E-state index in [4.69, 9.17) is 0 Å². The number of benzene rings is 1. The van der Waals surface area contributed by atoms with Gasteiger partial charge in [0, 0.05) is 30.9 Å². The molecule has 0 spiro atoms. The third kappa shape index (κ3) is 5.27. The summed E-state index contributed by atoms with van der Waals surface area (Å²) in [6, 6.07) is 12.4. The molecule has 2 aromatic rings. The number of likely N-dealkylation sites (N-methyl/N-ethyl adjacent to an activating group) is 1. The van der Waals surface area contributed by atoms with Crippen molar-refractivity contribution in [2.45, 2.75) is 19.4 Å². The Morgan fingerprint density at radius 1 is 1.16 bits per heavy atom. The molecule has 2 amide bonds. The summed E-state index contributed by atoms with van der Waals surface area (Å²) < 4.78 is 0.567. The summed E-state index contributed by atoms with van der Waals surface area (Å²) in [4.78, 5) is 31.2. The van der Waals surface area contributed by atoms with Crippen LogP contribution >= 0.6 is 0 Å². The zero-order chi connectivity index (χ0) is 21.8. The first kappa shape index (κ1) is 21.0. The predicted octanol–water partition coefficient (Wildman–Crippen LogP) is 3.33. The highest BCUT2D eigenvalue weighted by atomic mass is 16.2. The highest BCUT2D eigenvalue weighted by Gasteiger charge is 2.27. The lowest BCUT2D eigenvalue weighted by molar-refractivity contribution is -0.895. The van der Waals surface area contributed by atoms with Crippen LogP contribution < -0.4 is 5.32 Å². The van der Waals surface area contributed by atoms with Gasteiger partial charge in [0.1, 0.15) is 12.4 Å². The third-order valence-corrected chi connectivity index (χ3v) is 5.73. The van der Waals surface area contributed by atoms with E-state index in [1.54, 1.807) is 12.3 Å².